The standard InChI is InChI=1S/C22H19F3N4O2/c1-3-15-6-4-5-7-17(15)13-29-14(2)12-19(27-29)21-26-20(28-31-21)16-8-10-18(11-9-16)30-22(23,24)25/h4-12H,3,13H2,1-2H3. The lowest BCUT2D eigenvalue weighted by atomic mass is 10.1. The Morgan fingerprint density at radius 2 is 1.74 bits per heavy atom. The molecule has 0 atom stereocenters. The van der Waals surface area contributed by atoms with Crippen LogP contribution in [0.15, 0.2) is 59.1 Å². The zero-order chi connectivity index (χ0) is 22.0. The number of ether oxygens (including phenoxy) is 1. The molecular formula is C22H19F3N4O2. The summed E-state index contributed by atoms with van der Waals surface area (Å²) in [6.07, 6.45) is -3.81. The molecule has 0 aliphatic rings. The monoisotopic (exact) mass is 428 g/mol. The third-order valence-electron chi connectivity index (χ3n) is 4.79. The number of hydrogen-bond acceptors (Lipinski definition) is 5. The number of hydrogen-bond donors (Lipinski definition) is 0. The Balaban J connectivity index is 1.54. The first kappa shape index (κ1) is 20.6. The van der Waals surface area contributed by atoms with E-state index >= 15 is 0 Å². The maximum absolute atomic E-state index is 12.3. The van der Waals surface area contributed by atoms with Crippen LogP contribution in [0.5, 0.6) is 5.75 Å². The van der Waals surface area contributed by atoms with Crippen molar-refractivity contribution < 1.29 is 22.4 Å². The van der Waals surface area contributed by atoms with Crippen molar-refractivity contribution in [2.45, 2.75) is 33.2 Å². The summed E-state index contributed by atoms with van der Waals surface area (Å²) in [7, 11) is 0. The largest absolute Gasteiger partial charge is 0.573 e. The fraction of sp³-hybridized carbons (Fsp3) is 0.227. The van der Waals surface area contributed by atoms with Gasteiger partial charge < -0.3 is 9.26 Å². The summed E-state index contributed by atoms with van der Waals surface area (Å²) in [5.74, 6) is 0.162. The van der Waals surface area contributed by atoms with E-state index in [2.05, 4.69) is 39.0 Å². The number of aryl methyl sites for hydroxylation is 2. The number of benzene rings is 2. The van der Waals surface area contributed by atoms with Gasteiger partial charge >= 0.3 is 6.36 Å². The van der Waals surface area contributed by atoms with Gasteiger partial charge in [-0.05, 0) is 54.8 Å². The van der Waals surface area contributed by atoms with Gasteiger partial charge in [0.15, 0.2) is 5.69 Å². The summed E-state index contributed by atoms with van der Waals surface area (Å²) in [5.41, 5.74) is 4.42. The molecule has 4 aromatic rings. The van der Waals surface area contributed by atoms with Gasteiger partial charge in [-0.15, -0.1) is 13.2 Å². The molecule has 0 saturated heterocycles. The summed E-state index contributed by atoms with van der Waals surface area (Å²) in [4.78, 5) is 4.33. The molecule has 0 aliphatic carbocycles. The van der Waals surface area contributed by atoms with Gasteiger partial charge in [0.25, 0.3) is 5.89 Å². The van der Waals surface area contributed by atoms with E-state index in [4.69, 9.17) is 4.52 Å². The van der Waals surface area contributed by atoms with Crippen molar-refractivity contribution in [3.8, 4) is 28.7 Å². The molecular weight excluding hydrogens is 409 g/mol. The van der Waals surface area contributed by atoms with Crippen LogP contribution < -0.4 is 4.74 Å². The molecule has 0 fully saturated rings. The third kappa shape index (κ3) is 4.76. The number of rotatable bonds is 6. The second-order valence-corrected chi connectivity index (χ2v) is 6.95. The van der Waals surface area contributed by atoms with E-state index < -0.39 is 6.36 Å². The SMILES string of the molecule is CCc1ccccc1Cn1nc(-c2nc(-c3ccc(OC(F)(F)F)cc3)no2)cc1C. The average Bonchev–Trinajstić information content (AvgIpc) is 3.35. The van der Waals surface area contributed by atoms with Crippen molar-refractivity contribution >= 4 is 0 Å². The van der Waals surface area contributed by atoms with Crippen molar-refractivity contribution in [2.75, 3.05) is 0 Å². The topological polar surface area (TPSA) is 66.0 Å². The molecule has 9 heteroatoms. The van der Waals surface area contributed by atoms with Crippen LogP contribution in [0.4, 0.5) is 13.2 Å². The maximum atomic E-state index is 12.3. The van der Waals surface area contributed by atoms with Crippen LogP contribution in [-0.2, 0) is 13.0 Å². The molecule has 2 aromatic carbocycles. The minimum Gasteiger partial charge on any atom is -0.406 e. The molecule has 0 aliphatic heterocycles. The van der Waals surface area contributed by atoms with Crippen LogP contribution in [0.1, 0.15) is 23.7 Å². The molecule has 4 rings (SSSR count). The van der Waals surface area contributed by atoms with Gasteiger partial charge in [-0.1, -0.05) is 36.3 Å². The highest BCUT2D eigenvalue weighted by molar-refractivity contribution is 5.59. The Labute approximate surface area is 176 Å². The Morgan fingerprint density at radius 3 is 2.42 bits per heavy atom. The van der Waals surface area contributed by atoms with Gasteiger partial charge in [0.2, 0.25) is 5.82 Å². The van der Waals surface area contributed by atoms with Crippen molar-refractivity contribution in [3.63, 3.8) is 0 Å². The second-order valence-electron chi connectivity index (χ2n) is 6.95. The van der Waals surface area contributed by atoms with Crippen molar-refractivity contribution in [2.24, 2.45) is 0 Å². The highest BCUT2D eigenvalue weighted by Gasteiger charge is 2.31. The number of nitrogens with zero attached hydrogens (tertiary/aromatic N) is 4. The lowest BCUT2D eigenvalue weighted by Crippen LogP contribution is -2.16. The summed E-state index contributed by atoms with van der Waals surface area (Å²) in [6, 6.07) is 15.3. The molecule has 0 bridgehead atoms. The van der Waals surface area contributed by atoms with Crippen molar-refractivity contribution in [1.82, 2.24) is 19.9 Å². The highest BCUT2D eigenvalue weighted by atomic mass is 19.4. The second kappa shape index (κ2) is 8.25. The van der Waals surface area contributed by atoms with E-state index in [1.165, 1.54) is 35.4 Å². The maximum Gasteiger partial charge on any atom is 0.573 e. The van der Waals surface area contributed by atoms with Crippen molar-refractivity contribution in [3.05, 3.63) is 71.4 Å². The van der Waals surface area contributed by atoms with E-state index in [9.17, 15) is 13.2 Å². The Hall–Kier alpha value is -3.62. The summed E-state index contributed by atoms with van der Waals surface area (Å²) in [6.45, 7) is 4.68. The molecule has 0 amide bonds. The number of halogens is 3. The Morgan fingerprint density at radius 1 is 1.03 bits per heavy atom. The zero-order valence-corrected chi connectivity index (χ0v) is 16.8. The van der Waals surface area contributed by atoms with Crippen LogP contribution in [0.3, 0.4) is 0 Å². The smallest absolute Gasteiger partial charge is 0.406 e. The first-order valence-electron chi connectivity index (χ1n) is 9.64. The third-order valence-corrected chi connectivity index (χ3v) is 4.79. The predicted octanol–water partition coefficient (Wildman–Crippen LogP) is 5.42. The first-order chi connectivity index (χ1) is 14.8. The average molecular weight is 428 g/mol. The van der Waals surface area contributed by atoms with E-state index in [0.29, 0.717) is 17.8 Å². The van der Waals surface area contributed by atoms with Crippen LogP contribution in [-0.4, -0.2) is 26.3 Å². The van der Waals surface area contributed by atoms with E-state index in [0.717, 1.165) is 12.1 Å². The van der Waals surface area contributed by atoms with E-state index in [1.54, 1.807) is 0 Å². The zero-order valence-electron chi connectivity index (χ0n) is 16.8. The summed E-state index contributed by atoms with van der Waals surface area (Å²) >= 11 is 0. The predicted molar refractivity (Wildman–Crippen MR) is 107 cm³/mol. The molecule has 31 heavy (non-hydrogen) atoms. The number of aromatic nitrogens is 4. The van der Waals surface area contributed by atoms with Gasteiger partial charge in [-0.25, -0.2) is 0 Å². The fourth-order valence-corrected chi connectivity index (χ4v) is 3.24. The molecule has 160 valence electrons. The first-order valence-corrected chi connectivity index (χ1v) is 9.64. The van der Waals surface area contributed by atoms with Gasteiger partial charge in [0, 0.05) is 11.3 Å². The molecule has 0 unspecified atom stereocenters. The van der Waals surface area contributed by atoms with E-state index in [-0.39, 0.29) is 17.5 Å². The Kier molecular flexibility index (Phi) is 5.50. The lowest BCUT2D eigenvalue weighted by molar-refractivity contribution is -0.274. The van der Waals surface area contributed by atoms with Crippen LogP contribution in [0, 0.1) is 6.92 Å². The van der Waals surface area contributed by atoms with Gasteiger partial charge in [0.1, 0.15) is 5.75 Å². The lowest BCUT2D eigenvalue weighted by Gasteiger charge is -2.09. The number of alkyl halides is 3. The fourth-order valence-electron chi connectivity index (χ4n) is 3.24. The normalized spacial score (nSPS) is 11.6. The minimum absolute atomic E-state index is 0.233. The van der Waals surface area contributed by atoms with Gasteiger partial charge in [-0.3, -0.25) is 4.68 Å². The summed E-state index contributed by atoms with van der Waals surface area (Å²) in [5, 5.41) is 8.51. The quantitative estimate of drug-likeness (QED) is 0.410. The Bertz CT molecular complexity index is 1180. The van der Waals surface area contributed by atoms with Crippen LogP contribution in [0.2, 0.25) is 0 Å². The molecule has 0 saturated carbocycles. The van der Waals surface area contributed by atoms with Crippen molar-refractivity contribution in [1.29, 1.82) is 0 Å². The van der Waals surface area contributed by atoms with Crippen LogP contribution >= 0.6 is 0 Å². The van der Waals surface area contributed by atoms with Gasteiger partial charge in [-0.2, -0.15) is 10.1 Å². The minimum atomic E-state index is -4.74. The molecule has 0 N–H and O–H groups in total. The van der Waals surface area contributed by atoms with Crippen LogP contribution in [0.25, 0.3) is 23.0 Å². The summed E-state index contributed by atoms with van der Waals surface area (Å²) < 4.78 is 48.0. The molecule has 6 nitrogen and oxygen atoms in total. The molecule has 2 aromatic heterocycles. The molecule has 2 heterocycles. The van der Waals surface area contributed by atoms with Gasteiger partial charge in [0.05, 0.1) is 6.54 Å². The highest BCUT2D eigenvalue weighted by Crippen LogP contribution is 2.27. The molecule has 0 spiro atoms. The molecule has 0 radical (unpaired) electrons. The van der Waals surface area contributed by atoms with E-state index in [1.807, 2.05) is 29.8 Å².